The molecule has 1 atom stereocenters. The number of hydrogen-bond acceptors (Lipinski definition) is 4. The van der Waals surface area contributed by atoms with Crippen LogP contribution in [-0.2, 0) is 19.1 Å². The molecule has 0 radical (unpaired) electrons. The number of carbonyl (C=O) groups is 1. The van der Waals surface area contributed by atoms with E-state index in [4.69, 9.17) is 0 Å². The first-order valence-corrected chi connectivity index (χ1v) is 6.63. The Morgan fingerprint density at radius 1 is 1.29 bits per heavy atom. The summed E-state index contributed by atoms with van der Waals surface area (Å²) >= 11 is 0. The fraction of sp³-hybridized carbons (Fsp3) is 0.889. The van der Waals surface area contributed by atoms with Crippen LogP contribution < -0.4 is 0 Å². The van der Waals surface area contributed by atoms with Crippen molar-refractivity contribution in [3.63, 3.8) is 0 Å². The maximum atomic E-state index is 11.8. The van der Waals surface area contributed by atoms with Crippen LogP contribution in [0.25, 0.3) is 0 Å². The molecular weight excluding hydrogens is 261 g/mol. The van der Waals surface area contributed by atoms with E-state index in [0.29, 0.717) is 6.42 Å². The first kappa shape index (κ1) is 16.2. The van der Waals surface area contributed by atoms with Crippen LogP contribution in [-0.4, -0.2) is 25.8 Å². The number of alkyl halides is 3. The summed E-state index contributed by atoms with van der Waals surface area (Å²) in [4.78, 5) is 10.4. The lowest BCUT2D eigenvalue weighted by atomic mass is 10.2. The van der Waals surface area contributed by atoms with Gasteiger partial charge in [0.25, 0.3) is 0 Å². The number of rotatable bonds is 6. The predicted molar refractivity (Wildman–Crippen MR) is 54.7 cm³/mol. The van der Waals surface area contributed by atoms with Crippen LogP contribution in [0, 0.1) is 0 Å². The largest absolute Gasteiger partial charge is 0.492 e. The lowest BCUT2D eigenvalue weighted by Crippen LogP contribution is -2.31. The van der Waals surface area contributed by atoms with Gasteiger partial charge in [0.15, 0.2) is 0 Å². The lowest BCUT2D eigenvalue weighted by molar-refractivity contribution is -0.189. The summed E-state index contributed by atoms with van der Waals surface area (Å²) in [6.07, 6.45) is -2.94. The van der Waals surface area contributed by atoms with Gasteiger partial charge in [-0.25, -0.2) is 4.79 Å². The van der Waals surface area contributed by atoms with Crippen molar-refractivity contribution in [2.75, 3.05) is 0 Å². The predicted octanol–water partition coefficient (Wildman–Crippen LogP) is 2.39. The van der Waals surface area contributed by atoms with Crippen LogP contribution >= 0.6 is 0 Å². The topological polar surface area (TPSA) is 60.4 Å². The van der Waals surface area contributed by atoms with Crippen molar-refractivity contribution >= 4 is 16.1 Å². The molecule has 8 heteroatoms. The molecule has 0 heterocycles. The van der Waals surface area contributed by atoms with Crippen molar-refractivity contribution in [2.45, 2.75) is 51.0 Å². The molecule has 4 nitrogen and oxygen atoms in total. The molecule has 0 aromatic heterocycles. The molecule has 17 heavy (non-hydrogen) atoms. The van der Waals surface area contributed by atoms with E-state index in [1.165, 1.54) is 6.92 Å². The van der Waals surface area contributed by atoms with Gasteiger partial charge in [0.05, 0.1) is 5.25 Å². The molecule has 0 aliphatic rings. The lowest BCUT2D eigenvalue weighted by Gasteiger charge is -2.13. The van der Waals surface area contributed by atoms with E-state index in [1.54, 1.807) is 0 Å². The molecule has 1 unspecified atom stereocenters. The van der Waals surface area contributed by atoms with Crippen LogP contribution in [0.5, 0.6) is 0 Å². The summed E-state index contributed by atoms with van der Waals surface area (Å²) in [6, 6.07) is 0. The highest BCUT2D eigenvalue weighted by atomic mass is 32.2. The third kappa shape index (κ3) is 5.90. The number of unbranched alkanes of at least 4 members (excludes halogenated alkanes) is 2. The standard InChI is InChI=1S/C9H15F3O4S/c1-3-4-5-6-7(2)17(14,15)16-8(13)9(10,11)12/h7H,3-6H2,1-2H3. The molecular formula is C9H15F3O4S. The highest BCUT2D eigenvalue weighted by molar-refractivity contribution is 7.87. The molecule has 102 valence electrons. The SMILES string of the molecule is CCCCCC(C)S(=O)(=O)OC(=O)C(F)(F)F. The molecule has 0 rings (SSSR count). The first-order valence-electron chi connectivity index (χ1n) is 5.15. The minimum absolute atomic E-state index is 0.168. The Balaban J connectivity index is 4.43. The number of carbonyl (C=O) groups excluding carboxylic acids is 1. The third-order valence-corrected chi connectivity index (χ3v) is 3.74. The summed E-state index contributed by atoms with van der Waals surface area (Å²) < 4.78 is 61.4. The Bertz CT molecular complexity index is 348. The Kier molecular flexibility index (Phi) is 5.94. The average molecular weight is 276 g/mol. The van der Waals surface area contributed by atoms with Gasteiger partial charge in [-0.2, -0.15) is 21.6 Å². The van der Waals surface area contributed by atoms with Crippen molar-refractivity contribution < 1.29 is 30.6 Å². The zero-order valence-electron chi connectivity index (χ0n) is 9.58. The van der Waals surface area contributed by atoms with Gasteiger partial charge >= 0.3 is 22.3 Å². The quantitative estimate of drug-likeness (QED) is 0.552. The fourth-order valence-corrected chi connectivity index (χ4v) is 1.99. The molecule has 0 saturated carbocycles. The number of halogens is 3. The monoisotopic (exact) mass is 276 g/mol. The molecule has 0 fully saturated rings. The van der Waals surface area contributed by atoms with Gasteiger partial charge in [0.2, 0.25) is 0 Å². The number of hydrogen-bond donors (Lipinski definition) is 0. The molecule has 0 amide bonds. The highest BCUT2D eigenvalue weighted by Gasteiger charge is 2.44. The summed E-state index contributed by atoms with van der Waals surface area (Å²) in [5.74, 6) is -2.69. The molecule has 0 aliphatic heterocycles. The second-order valence-corrected chi connectivity index (χ2v) is 5.62. The van der Waals surface area contributed by atoms with Gasteiger partial charge in [0, 0.05) is 0 Å². The van der Waals surface area contributed by atoms with Gasteiger partial charge in [-0.05, 0) is 13.3 Å². The van der Waals surface area contributed by atoms with Gasteiger partial charge < -0.3 is 4.18 Å². The second-order valence-electron chi connectivity index (χ2n) is 3.67. The van der Waals surface area contributed by atoms with Gasteiger partial charge in [-0.15, -0.1) is 0 Å². The van der Waals surface area contributed by atoms with E-state index in [-0.39, 0.29) is 6.42 Å². The molecule has 0 spiro atoms. The molecule has 0 aliphatic carbocycles. The van der Waals surface area contributed by atoms with Crippen molar-refractivity contribution in [3.8, 4) is 0 Å². The maximum absolute atomic E-state index is 11.8. The maximum Gasteiger partial charge on any atom is 0.492 e. The minimum atomic E-state index is -5.30. The van der Waals surface area contributed by atoms with Gasteiger partial charge in [-0.1, -0.05) is 26.2 Å². The Hall–Kier alpha value is -0.790. The van der Waals surface area contributed by atoms with E-state index in [9.17, 15) is 26.4 Å². The van der Waals surface area contributed by atoms with Crippen molar-refractivity contribution in [1.82, 2.24) is 0 Å². The van der Waals surface area contributed by atoms with E-state index >= 15 is 0 Å². The second kappa shape index (κ2) is 6.23. The Labute approximate surface area is 98.3 Å². The fourth-order valence-electron chi connectivity index (χ4n) is 1.06. The smallest absolute Gasteiger partial charge is 0.338 e. The van der Waals surface area contributed by atoms with Crippen LogP contribution in [0.4, 0.5) is 13.2 Å². The van der Waals surface area contributed by atoms with E-state index in [0.717, 1.165) is 12.8 Å². The zero-order valence-corrected chi connectivity index (χ0v) is 10.4. The Morgan fingerprint density at radius 3 is 2.24 bits per heavy atom. The summed E-state index contributed by atoms with van der Waals surface area (Å²) in [5.41, 5.74) is 0. The highest BCUT2D eigenvalue weighted by Crippen LogP contribution is 2.20. The molecule has 0 bridgehead atoms. The van der Waals surface area contributed by atoms with Crippen molar-refractivity contribution in [1.29, 1.82) is 0 Å². The summed E-state index contributed by atoms with van der Waals surface area (Å²) in [7, 11) is -4.49. The van der Waals surface area contributed by atoms with Crippen molar-refractivity contribution in [3.05, 3.63) is 0 Å². The summed E-state index contributed by atoms with van der Waals surface area (Å²) in [6.45, 7) is 3.12. The molecule has 0 aromatic rings. The molecule has 0 saturated heterocycles. The molecule has 0 N–H and O–H groups in total. The summed E-state index contributed by atoms with van der Waals surface area (Å²) in [5, 5.41) is -1.12. The Morgan fingerprint density at radius 2 is 1.82 bits per heavy atom. The zero-order chi connectivity index (χ0) is 13.7. The van der Waals surface area contributed by atoms with E-state index in [2.05, 4.69) is 4.18 Å². The van der Waals surface area contributed by atoms with Crippen LogP contribution in [0.1, 0.15) is 39.5 Å². The van der Waals surface area contributed by atoms with Gasteiger partial charge in [-0.3, -0.25) is 0 Å². The van der Waals surface area contributed by atoms with Crippen molar-refractivity contribution in [2.24, 2.45) is 0 Å². The van der Waals surface area contributed by atoms with Gasteiger partial charge in [0.1, 0.15) is 0 Å². The normalized spacial score (nSPS) is 14.4. The van der Waals surface area contributed by atoms with Crippen LogP contribution in [0.3, 0.4) is 0 Å². The van der Waals surface area contributed by atoms with E-state index < -0.39 is 27.5 Å². The average Bonchev–Trinajstić information content (AvgIpc) is 2.15. The van der Waals surface area contributed by atoms with E-state index in [1.807, 2.05) is 6.92 Å². The minimum Gasteiger partial charge on any atom is -0.338 e. The van der Waals surface area contributed by atoms with Crippen LogP contribution in [0.2, 0.25) is 0 Å². The molecule has 0 aromatic carbocycles. The first-order chi connectivity index (χ1) is 7.61. The van der Waals surface area contributed by atoms with Crippen LogP contribution in [0.15, 0.2) is 0 Å². The third-order valence-electron chi connectivity index (χ3n) is 2.13.